The molecule has 1 unspecified atom stereocenters. The first kappa shape index (κ1) is 22.7. The number of aromatic nitrogens is 1. The highest BCUT2D eigenvalue weighted by molar-refractivity contribution is 5.90. The third-order valence-corrected chi connectivity index (χ3v) is 5.49. The first-order valence-corrected chi connectivity index (χ1v) is 10.2. The number of methoxy groups -OCH3 is 1. The number of pyridine rings is 1. The minimum atomic E-state index is -4.57. The largest absolute Gasteiger partial charge is 0.481 e. The molecule has 0 spiro atoms. The number of quaternary nitrogens is 1. The van der Waals surface area contributed by atoms with Gasteiger partial charge in [-0.3, -0.25) is 0 Å². The first-order chi connectivity index (χ1) is 15.5. The molecule has 0 radical (unpaired) electrons. The van der Waals surface area contributed by atoms with Crippen molar-refractivity contribution in [2.45, 2.75) is 25.6 Å². The molecule has 0 saturated carbocycles. The van der Waals surface area contributed by atoms with Crippen molar-refractivity contribution in [3.63, 3.8) is 0 Å². The third-order valence-electron chi connectivity index (χ3n) is 5.49. The van der Waals surface area contributed by atoms with Gasteiger partial charge in [-0.2, -0.15) is 22.6 Å². The molecule has 170 valence electrons. The van der Waals surface area contributed by atoms with Crippen molar-refractivity contribution in [1.29, 1.82) is 0 Å². The van der Waals surface area contributed by atoms with Crippen molar-refractivity contribution in [2.75, 3.05) is 7.11 Å². The van der Waals surface area contributed by atoms with Gasteiger partial charge in [-0.1, -0.05) is 24.3 Å². The molecular weight excluding hydrogens is 431 g/mol. The highest BCUT2D eigenvalue weighted by Crippen LogP contribution is 2.46. The lowest BCUT2D eigenvalue weighted by molar-refractivity contribution is -0.137. The Bertz CT molecular complexity index is 1230. The Balaban J connectivity index is 1.94. The zero-order valence-electron chi connectivity index (χ0n) is 18.3. The lowest BCUT2D eigenvalue weighted by Gasteiger charge is -2.29. The van der Waals surface area contributed by atoms with Gasteiger partial charge >= 0.3 is 6.18 Å². The van der Waals surface area contributed by atoms with Crippen LogP contribution >= 0.6 is 0 Å². The highest BCUT2D eigenvalue weighted by Gasteiger charge is 2.45. The lowest BCUT2D eigenvalue weighted by atomic mass is 10.0. The van der Waals surface area contributed by atoms with Crippen molar-refractivity contribution in [1.82, 2.24) is 9.47 Å². The Morgan fingerprint density at radius 2 is 1.70 bits per heavy atom. The molecule has 4 rings (SSSR count). The van der Waals surface area contributed by atoms with Crippen molar-refractivity contribution in [3.05, 3.63) is 84.3 Å². The number of nitrogens with zero attached hydrogens (tertiary/aromatic N) is 3. The van der Waals surface area contributed by atoms with Gasteiger partial charge in [0.1, 0.15) is 28.7 Å². The molecule has 1 N–H and O–H groups in total. The molecule has 5 nitrogen and oxygen atoms in total. The SMILES string of the molecule is COc1ccc(-c2cccc([N+]3(c4ccccc4C(F)(F)F)C=NC(C(C)(C)O)=C3)c2)cn1. The number of halogens is 3. The summed E-state index contributed by atoms with van der Waals surface area (Å²) in [5.74, 6) is 0.460. The van der Waals surface area contributed by atoms with E-state index >= 15 is 0 Å². The van der Waals surface area contributed by atoms with E-state index in [1.165, 1.54) is 25.6 Å². The van der Waals surface area contributed by atoms with Gasteiger partial charge in [0.05, 0.1) is 7.11 Å². The number of hydrogen-bond donors (Lipinski definition) is 1. The molecule has 3 aromatic rings. The zero-order chi connectivity index (χ0) is 23.9. The van der Waals surface area contributed by atoms with Crippen LogP contribution in [0.2, 0.25) is 0 Å². The van der Waals surface area contributed by atoms with Gasteiger partial charge in [0.2, 0.25) is 12.2 Å². The summed E-state index contributed by atoms with van der Waals surface area (Å²) < 4.78 is 46.6. The Morgan fingerprint density at radius 1 is 0.939 bits per heavy atom. The molecule has 0 aliphatic carbocycles. The van der Waals surface area contributed by atoms with Gasteiger partial charge < -0.3 is 9.84 Å². The summed E-state index contributed by atoms with van der Waals surface area (Å²) >= 11 is 0. The van der Waals surface area contributed by atoms with E-state index in [0.29, 0.717) is 11.6 Å². The van der Waals surface area contributed by atoms with E-state index in [0.717, 1.165) is 17.2 Å². The van der Waals surface area contributed by atoms with Crippen LogP contribution in [0.5, 0.6) is 5.88 Å². The third kappa shape index (κ3) is 4.27. The van der Waals surface area contributed by atoms with Crippen LogP contribution in [0.25, 0.3) is 11.1 Å². The Hall–Kier alpha value is -3.49. The number of alkyl halides is 3. The minimum Gasteiger partial charge on any atom is -0.481 e. The van der Waals surface area contributed by atoms with Crippen molar-refractivity contribution < 1.29 is 23.0 Å². The number of benzene rings is 2. The summed E-state index contributed by atoms with van der Waals surface area (Å²) in [7, 11) is 1.52. The standard InChI is InChI=1S/C25H23F3N3O2/c1-24(2,32)22-15-31(16-30-22,21-10-5-4-9-20(21)25(26,27)28)19-8-6-7-17(13-19)18-11-12-23(33-3)29-14-18/h4-16,32H,1-3H3/q+1. The highest BCUT2D eigenvalue weighted by atomic mass is 19.4. The van der Waals surface area contributed by atoms with Crippen LogP contribution in [0.1, 0.15) is 19.4 Å². The molecule has 0 bridgehead atoms. The molecule has 2 heterocycles. The normalized spacial score (nSPS) is 18.3. The molecule has 8 heteroatoms. The van der Waals surface area contributed by atoms with E-state index in [-0.39, 0.29) is 11.4 Å². The molecule has 1 aromatic heterocycles. The van der Waals surface area contributed by atoms with Gasteiger partial charge in [-0.15, -0.1) is 0 Å². The molecular formula is C25H23F3N3O2+. The van der Waals surface area contributed by atoms with Gasteiger partial charge in [0, 0.05) is 36.0 Å². The Labute approximate surface area is 189 Å². The maximum atomic E-state index is 14.0. The molecule has 1 aliphatic heterocycles. The summed E-state index contributed by atoms with van der Waals surface area (Å²) in [6.07, 6.45) is 0.0415. The van der Waals surface area contributed by atoms with E-state index in [9.17, 15) is 18.3 Å². The van der Waals surface area contributed by atoms with Gasteiger partial charge in [-0.25, -0.2) is 4.98 Å². The number of aliphatic imine (C=N–C) groups is 1. The predicted octanol–water partition coefficient (Wildman–Crippen LogP) is 6.07. The lowest BCUT2D eigenvalue weighted by Crippen LogP contribution is -2.37. The van der Waals surface area contributed by atoms with Crippen molar-refractivity contribution in [3.8, 4) is 17.0 Å². The number of ether oxygens (including phenoxy) is 1. The minimum absolute atomic E-state index is 0.0157. The second-order valence-corrected chi connectivity index (χ2v) is 8.25. The fraction of sp³-hybridized carbons (Fsp3) is 0.200. The van der Waals surface area contributed by atoms with E-state index < -0.39 is 21.8 Å². The summed E-state index contributed by atoms with van der Waals surface area (Å²) in [6, 6.07) is 16.1. The summed E-state index contributed by atoms with van der Waals surface area (Å²) in [5, 5.41) is 10.5. The van der Waals surface area contributed by atoms with E-state index in [1.807, 2.05) is 12.1 Å². The smallest absolute Gasteiger partial charge is 0.422 e. The monoisotopic (exact) mass is 454 g/mol. The predicted molar refractivity (Wildman–Crippen MR) is 122 cm³/mol. The Morgan fingerprint density at radius 3 is 2.30 bits per heavy atom. The molecule has 33 heavy (non-hydrogen) atoms. The molecule has 1 atom stereocenters. The van der Waals surface area contributed by atoms with Gasteiger partial charge in [-0.05, 0) is 31.5 Å². The number of para-hydroxylation sites is 1. The average Bonchev–Trinajstić information content (AvgIpc) is 3.26. The first-order valence-electron chi connectivity index (χ1n) is 10.2. The maximum Gasteiger partial charge on any atom is 0.422 e. The molecule has 2 aromatic carbocycles. The molecule has 0 fully saturated rings. The number of rotatable bonds is 5. The fourth-order valence-corrected chi connectivity index (χ4v) is 3.76. The molecule has 0 saturated heterocycles. The maximum absolute atomic E-state index is 14.0. The summed E-state index contributed by atoms with van der Waals surface area (Å²) in [5.41, 5.74) is 0.227. The summed E-state index contributed by atoms with van der Waals surface area (Å²) in [4.78, 5) is 8.54. The quantitative estimate of drug-likeness (QED) is 0.476. The second-order valence-electron chi connectivity index (χ2n) is 8.25. The van der Waals surface area contributed by atoms with Crippen LogP contribution in [-0.2, 0) is 6.18 Å². The number of aliphatic hydroxyl groups is 1. The van der Waals surface area contributed by atoms with E-state index in [2.05, 4.69) is 9.98 Å². The zero-order valence-corrected chi connectivity index (χ0v) is 18.3. The number of hydrogen-bond acceptors (Lipinski definition) is 4. The second kappa shape index (κ2) is 8.13. The van der Waals surface area contributed by atoms with Crippen molar-refractivity contribution >= 4 is 17.7 Å². The van der Waals surface area contributed by atoms with Gasteiger partial charge in [0.15, 0.2) is 5.69 Å². The van der Waals surface area contributed by atoms with E-state index in [4.69, 9.17) is 4.74 Å². The van der Waals surface area contributed by atoms with Crippen LogP contribution < -0.4 is 9.22 Å². The van der Waals surface area contributed by atoms with Crippen LogP contribution in [0, 0.1) is 0 Å². The van der Waals surface area contributed by atoms with E-state index in [1.54, 1.807) is 56.6 Å². The van der Waals surface area contributed by atoms with Gasteiger partial charge in [0.25, 0.3) is 0 Å². The van der Waals surface area contributed by atoms with Crippen LogP contribution in [0.15, 0.2) is 83.7 Å². The summed E-state index contributed by atoms with van der Waals surface area (Å²) in [6.45, 7) is 3.09. The van der Waals surface area contributed by atoms with Crippen LogP contribution in [-0.4, -0.2) is 29.1 Å². The topological polar surface area (TPSA) is 54.7 Å². The average molecular weight is 454 g/mol. The van der Waals surface area contributed by atoms with Crippen LogP contribution in [0.4, 0.5) is 24.5 Å². The molecule has 0 amide bonds. The van der Waals surface area contributed by atoms with Crippen LogP contribution in [0.3, 0.4) is 0 Å². The van der Waals surface area contributed by atoms with Crippen molar-refractivity contribution in [2.24, 2.45) is 4.99 Å². The molecule has 1 aliphatic rings. The fourth-order valence-electron chi connectivity index (χ4n) is 3.76. The Kier molecular flexibility index (Phi) is 5.59.